The van der Waals surface area contributed by atoms with Gasteiger partial charge in [0.2, 0.25) is 11.7 Å². The maximum Gasteiger partial charge on any atom is 0.230 e. The molecule has 1 unspecified atom stereocenters. The highest BCUT2D eigenvalue weighted by Crippen LogP contribution is 2.32. The van der Waals surface area contributed by atoms with Gasteiger partial charge in [-0.2, -0.15) is 10.1 Å². The topological polar surface area (TPSA) is 109 Å². The maximum absolute atomic E-state index is 5.83. The van der Waals surface area contributed by atoms with Crippen molar-refractivity contribution in [2.75, 3.05) is 5.73 Å². The molecule has 8 nitrogen and oxygen atoms in total. The van der Waals surface area contributed by atoms with E-state index in [9.17, 15) is 0 Å². The number of fused-ring (bicyclic) bond motifs is 1. The number of aromatic nitrogens is 6. The van der Waals surface area contributed by atoms with Crippen molar-refractivity contribution in [3.05, 3.63) is 35.9 Å². The molecule has 0 radical (unpaired) electrons. The summed E-state index contributed by atoms with van der Waals surface area (Å²) in [5.41, 5.74) is 8.96. The minimum absolute atomic E-state index is 0.204. The van der Waals surface area contributed by atoms with Gasteiger partial charge in [-0.25, -0.2) is 9.97 Å². The Bertz CT molecular complexity index is 822. The van der Waals surface area contributed by atoms with E-state index in [4.69, 9.17) is 10.3 Å². The van der Waals surface area contributed by atoms with E-state index in [1.165, 1.54) is 17.6 Å². The second-order valence-electron chi connectivity index (χ2n) is 5.46. The fraction of sp³-hybridized carbons (Fsp3) is 0.357. The number of nitrogens with zero attached hydrogens (tertiary/aromatic N) is 6. The van der Waals surface area contributed by atoms with Crippen molar-refractivity contribution >= 4 is 5.82 Å². The number of hydrogen-bond acceptors (Lipinski definition) is 7. The van der Waals surface area contributed by atoms with Gasteiger partial charge in [0.1, 0.15) is 12.1 Å². The summed E-state index contributed by atoms with van der Waals surface area (Å²) in [6.45, 7) is 0. The van der Waals surface area contributed by atoms with E-state index in [2.05, 4.69) is 25.2 Å². The number of rotatable bonds is 2. The summed E-state index contributed by atoms with van der Waals surface area (Å²) in [5.74, 6) is 1.61. The van der Waals surface area contributed by atoms with Crippen LogP contribution in [-0.4, -0.2) is 29.9 Å². The molecule has 0 fully saturated rings. The molecule has 1 aliphatic rings. The summed E-state index contributed by atoms with van der Waals surface area (Å²) in [6.07, 6.45) is 7.73. The number of nitrogens with two attached hydrogens (primary N) is 1. The molecule has 4 rings (SSSR count). The molecule has 0 spiro atoms. The molecule has 0 saturated heterocycles. The van der Waals surface area contributed by atoms with Crippen LogP contribution in [0.4, 0.5) is 5.82 Å². The van der Waals surface area contributed by atoms with Crippen molar-refractivity contribution < 1.29 is 4.52 Å². The van der Waals surface area contributed by atoms with Gasteiger partial charge >= 0.3 is 0 Å². The molecule has 3 heterocycles. The van der Waals surface area contributed by atoms with Crippen LogP contribution in [0.5, 0.6) is 0 Å². The van der Waals surface area contributed by atoms with Gasteiger partial charge in [-0.05, 0) is 18.4 Å². The largest absolute Gasteiger partial charge is 0.383 e. The van der Waals surface area contributed by atoms with E-state index >= 15 is 0 Å². The fourth-order valence-corrected chi connectivity index (χ4v) is 2.88. The second kappa shape index (κ2) is 4.90. The van der Waals surface area contributed by atoms with Gasteiger partial charge in [0.05, 0.1) is 11.8 Å². The zero-order valence-corrected chi connectivity index (χ0v) is 12.1. The summed E-state index contributed by atoms with van der Waals surface area (Å²) in [5, 5.41) is 8.33. The molecular weight excluding hydrogens is 282 g/mol. The van der Waals surface area contributed by atoms with Crippen molar-refractivity contribution in [1.29, 1.82) is 0 Å². The number of anilines is 1. The molecule has 1 aliphatic carbocycles. The Labute approximate surface area is 126 Å². The van der Waals surface area contributed by atoms with Crippen LogP contribution in [0.1, 0.15) is 29.5 Å². The van der Waals surface area contributed by atoms with Crippen LogP contribution in [-0.2, 0) is 19.9 Å². The smallest absolute Gasteiger partial charge is 0.230 e. The van der Waals surface area contributed by atoms with Crippen molar-refractivity contribution in [2.24, 2.45) is 7.05 Å². The standard InChI is InChI=1S/C14H15N7O/c1-21-11-4-8(2-3-9(11)5-18-21)14-19-13(20-22-14)10-6-16-7-17-12(10)15/h5-8H,2-4H2,1H3,(H2,15,16,17). The normalized spacial score (nSPS) is 17.4. The zero-order chi connectivity index (χ0) is 15.1. The first-order chi connectivity index (χ1) is 10.7. The monoisotopic (exact) mass is 297 g/mol. The summed E-state index contributed by atoms with van der Waals surface area (Å²) < 4.78 is 7.36. The third-order valence-corrected chi connectivity index (χ3v) is 4.12. The van der Waals surface area contributed by atoms with Crippen molar-refractivity contribution in [3.8, 4) is 11.4 Å². The summed E-state index contributed by atoms with van der Waals surface area (Å²) >= 11 is 0. The van der Waals surface area contributed by atoms with E-state index in [0.717, 1.165) is 19.3 Å². The fourth-order valence-electron chi connectivity index (χ4n) is 2.88. The molecule has 0 bridgehead atoms. The highest BCUT2D eigenvalue weighted by molar-refractivity contribution is 5.66. The van der Waals surface area contributed by atoms with E-state index in [1.807, 2.05) is 17.9 Å². The third kappa shape index (κ3) is 2.03. The molecule has 8 heteroatoms. The number of hydrogen-bond donors (Lipinski definition) is 1. The van der Waals surface area contributed by atoms with Crippen LogP contribution in [0.2, 0.25) is 0 Å². The SMILES string of the molecule is Cn1ncc2c1CC(c1nc(-c3cncnc3N)no1)CC2. The average Bonchev–Trinajstić information content (AvgIpc) is 3.15. The van der Waals surface area contributed by atoms with Crippen LogP contribution in [0.25, 0.3) is 11.4 Å². The second-order valence-corrected chi connectivity index (χ2v) is 5.46. The Morgan fingerprint density at radius 1 is 1.36 bits per heavy atom. The predicted molar refractivity (Wildman–Crippen MR) is 77.7 cm³/mol. The van der Waals surface area contributed by atoms with Crippen molar-refractivity contribution in [3.63, 3.8) is 0 Å². The molecule has 0 saturated carbocycles. The molecule has 0 aliphatic heterocycles. The first kappa shape index (κ1) is 12.9. The lowest BCUT2D eigenvalue weighted by molar-refractivity contribution is 0.338. The first-order valence-electron chi connectivity index (χ1n) is 7.11. The molecule has 2 N–H and O–H groups in total. The summed E-state index contributed by atoms with van der Waals surface area (Å²) in [4.78, 5) is 12.4. The molecule has 3 aromatic heterocycles. The van der Waals surface area contributed by atoms with Crippen LogP contribution in [0, 0.1) is 0 Å². The average molecular weight is 297 g/mol. The van der Waals surface area contributed by atoms with Gasteiger partial charge in [0, 0.05) is 31.3 Å². The molecule has 0 amide bonds. The van der Waals surface area contributed by atoms with Crippen molar-refractivity contribution in [2.45, 2.75) is 25.2 Å². The van der Waals surface area contributed by atoms with Gasteiger partial charge in [-0.1, -0.05) is 5.16 Å². The van der Waals surface area contributed by atoms with E-state index in [0.29, 0.717) is 23.1 Å². The van der Waals surface area contributed by atoms with Gasteiger partial charge in [-0.15, -0.1) is 0 Å². The van der Waals surface area contributed by atoms with E-state index in [-0.39, 0.29) is 5.92 Å². The Morgan fingerprint density at radius 3 is 3.14 bits per heavy atom. The highest BCUT2D eigenvalue weighted by atomic mass is 16.5. The quantitative estimate of drug-likeness (QED) is 0.754. The summed E-state index contributed by atoms with van der Waals surface area (Å²) in [6, 6.07) is 0. The number of aryl methyl sites for hydroxylation is 2. The maximum atomic E-state index is 5.83. The Hall–Kier alpha value is -2.77. The highest BCUT2D eigenvalue weighted by Gasteiger charge is 2.27. The molecular formula is C14H15N7O. The lowest BCUT2D eigenvalue weighted by Gasteiger charge is -2.19. The van der Waals surface area contributed by atoms with E-state index < -0.39 is 0 Å². The molecule has 3 aromatic rings. The Kier molecular flexibility index (Phi) is 2.88. The van der Waals surface area contributed by atoms with E-state index in [1.54, 1.807) is 6.20 Å². The first-order valence-corrected chi connectivity index (χ1v) is 7.11. The van der Waals surface area contributed by atoms with Crippen LogP contribution < -0.4 is 5.73 Å². The zero-order valence-electron chi connectivity index (χ0n) is 12.1. The number of nitrogen functional groups attached to an aromatic ring is 1. The van der Waals surface area contributed by atoms with Gasteiger partial charge in [-0.3, -0.25) is 4.68 Å². The predicted octanol–water partition coefficient (Wildman–Crippen LogP) is 1.11. The molecule has 1 atom stereocenters. The summed E-state index contributed by atoms with van der Waals surface area (Å²) in [7, 11) is 1.96. The van der Waals surface area contributed by atoms with Crippen molar-refractivity contribution in [1.82, 2.24) is 29.9 Å². The van der Waals surface area contributed by atoms with Gasteiger partial charge < -0.3 is 10.3 Å². The minimum atomic E-state index is 0.204. The van der Waals surface area contributed by atoms with Crippen LogP contribution in [0.15, 0.2) is 23.2 Å². The van der Waals surface area contributed by atoms with Gasteiger partial charge in [0.25, 0.3) is 0 Å². The Balaban J connectivity index is 1.63. The third-order valence-electron chi connectivity index (χ3n) is 4.12. The lowest BCUT2D eigenvalue weighted by atomic mass is 9.88. The molecule has 22 heavy (non-hydrogen) atoms. The van der Waals surface area contributed by atoms with Gasteiger partial charge in [0.15, 0.2) is 0 Å². The van der Waals surface area contributed by atoms with Crippen LogP contribution >= 0.6 is 0 Å². The Morgan fingerprint density at radius 2 is 2.27 bits per heavy atom. The van der Waals surface area contributed by atoms with Crippen LogP contribution in [0.3, 0.4) is 0 Å². The minimum Gasteiger partial charge on any atom is -0.383 e. The molecule has 0 aromatic carbocycles. The molecule has 112 valence electrons. The lowest BCUT2D eigenvalue weighted by Crippen LogP contribution is -2.15.